The van der Waals surface area contributed by atoms with Crippen LogP contribution in [0, 0.1) is 6.92 Å². The van der Waals surface area contributed by atoms with Gasteiger partial charge in [0.1, 0.15) is 5.82 Å². The second-order valence-electron chi connectivity index (χ2n) is 6.38. The second-order valence-corrected chi connectivity index (χ2v) is 6.38. The molecule has 152 valence electrons. The molecule has 0 fully saturated rings. The summed E-state index contributed by atoms with van der Waals surface area (Å²) in [6.45, 7) is 1.66. The van der Waals surface area contributed by atoms with Crippen LogP contribution >= 0.6 is 0 Å². The van der Waals surface area contributed by atoms with Gasteiger partial charge in [-0.15, -0.1) is 0 Å². The van der Waals surface area contributed by atoms with E-state index in [4.69, 9.17) is 0 Å². The number of carbonyl (C=O) groups is 1. The highest BCUT2D eigenvalue weighted by atomic mass is 19.4. The van der Waals surface area contributed by atoms with E-state index < -0.39 is 23.3 Å². The Kier molecular flexibility index (Phi) is 4.57. The fourth-order valence-electron chi connectivity index (χ4n) is 2.99. The van der Waals surface area contributed by atoms with Gasteiger partial charge in [0, 0.05) is 11.8 Å². The van der Waals surface area contributed by atoms with Gasteiger partial charge in [0.15, 0.2) is 11.3 Å². The van der Waals surface area contributed by atoms with E-state index in [0.717, 1.165) is 6.07 Å². The van der Waals surface area contributed by atoms with Crippen molar-refractivity contribution in [3.05, 3.63) is 76.1 Å². The Morgan fingerprint density at radius 3 is 2.67 bits per heavy atom. The number of imidazole rings is 1. The predicted molar refractivity (Wildman–Crippen MR) is 101 cm³/mol. The van der Waals surface area contributed by atoms with Crippen LogP contribution in [0.15, 0.2) is 53.6 Å². The molecule has 4 aromatic rings. The summed E-state index contributed by atoms with van der Waals surface area (Å²) in [4.78, 5) is 33.9. The number of amides is 1. The highest BCUT2D eigenvalue weighted by Gasteiger charge is 2.34. The van der Waals surface area contributed by atoms with Gasteiger partial charge < -0.3 is 5.32 Å². The Morgan fingerprint density at radius 2 is 1.93 bits per heavy atom. The van der Waals surface area contributed by atoms with Gasteiger partial charge in [0.25, 0.3) is 5.91 Å². The molecule has 0 spiro atoms. The van der Waals surface area contributed by atoms with Crippen LogP contribution in [0.4, 0.5) is 19.0 Å². The van der Waals surface area contributed by atoms with Crippen LogP contribution < -0.4 is 11.0 Å². The molecule has 11 heteroatoms. The summed E-state index contributed by atoms with van der Waals surface area (Å²) >= 11 is 0. The van der Waals surface area contributed by atoms with E-state index in [1.165, 1.54) is 47.2 Å². The van der Waals surface area contributed by atoms with E-state index in [1.807, 2.05) is 0 Å². The average molecular weight is 414 g/mol. The lowest BCUT2D eigenvalue weighted by molar-refractivity contribution is -0.137. The fraction of sp³-hybridized carbons (Fsp3) is 0.105. The van der Waals surface area contributed by atoms with Gasteiger partial charge in [-0.1, -0.05) is 18.2 Å². The normalized spacial score (nSPS) is 11.6. The minimum absolute atomic E-state index is 0.0166. The first kappa shape index (κ1) is 19.3. The molecule has 3 aromatic heterocycles. The van der Waals surface area contributed by atoms with Crippen LogP contribution in [0.1, 0.15) is 21.6 Å². The standard InChI is InChI=1S/C19H13F3N6O2/c1-10-8-13(11-4-2-3-5-12(11)19(20,21)22)27-28-14(9-24-16(10)28)17(29)25-15-6-7-23-18(30)26-15/h2-9H,1H3,(H2,23,25,26,29,30). The molecule has 0 saturated carbocycles. The van der Waals surface area contributed by atoms with Gasteiger partial charge in [0.05, 0.1) is 17.5 Å². The molecule has 3 heterocycles. The van der Waals surface area contributed by atoms with E-state index in [-0.39, 0.29) is 22.8 Å². The third-order valence-corrected chi connectivity index (χ3v) is 4.32. The number of nitrogens with zero attached hydrogens (tertiary/aromatic N) is 4. The number of aromatic nitrogens is 5. The number of H-pyrrole nitrogens is 1. The van der Waals surface area contributed by atoms with Crippen molar-refractivity contribution >= 4 is 17.4 Å². The minimum atomic E-state index is -4.57. The Morgan fingerprint density at radius 1 is 1.17 bits per heavy atom. The third-order valence-electron chi connectivity index (χ3n) is 4.32. The van der Waals surface area contributed by atoms with E-state index in [0.29, 0.717) is 11.2 Å². The zero-order chi connectivity index (χ0) is 21.5. The lowest BCUT2D eigenvalue weighted by Gasteiger charge is -2.13. The molecule has 8 nitrogen and oxygen atoms in total. The minimum Gasteiger partial charge on any atom is -0.307 e. The topological polar surface area (TPSA) is 105 Å². The summed E-state index contributed by atoms with van der Waals surface area (Å²) < 4.78 is 41.5. The number of fused-ring (bicyclic) bond motifs is 1. The molecule has 0 aliphatic heterocycles. The SMILES string of the molecule is Cc1cc(-c2ccccc2C(F)(F)F)nn2c(C(=O)Nc3ccnc(=O)[nH]3)cnc12. The zero-order valence-electron chi connectivity index (χ0n) is 15.4. The smallest absolute Gasteiger partial charge is 0.307 e. The van der Waals surface area contributed by atoms with E-state index in [1.54, 1.807) is 6.92 Å². The van der Waals surface area contributed by atoms with Crippen LogP contribution in [0.3, 0.4) is 0 Å². The highest BCUT2D eigenvalue weighted by molar-refractivity contribution is 6.02. The van der Waals surface area contributed by atoms with Gasteiger partial charge in [-0.2, -0.15) is 18.3 Å². The van der Waals surface area contributed by atoms with Crippen molar-refractivity contribution < 1.29 is 18.0 Å². The predicted octanol–water partition coefficient (Wildman–Crippen LogP) is 3.06. The summed E-state index contributed by atoms with van der Waals surface area (Å²) in [6, 6.07) is 7.92. The van der Waals surface area contributed by atoms with Gasteiger partial charge in [-0.3, -0.25) is 9.78 Å². The number of alkyl halides is 3. The molecule has 0 bridgehead atoms. The summed E-state index contributed by atoms with van der Waals surface area (Å²) in [7, 11) is 0. The number of nitrogens with one attached hydrogen (secondary N) is 2. The zero-order valence-corrected chi connectivity index (χ0v) is 15.4. The van der Waals surface area contributed by atoms with Crippen LogP contribution in [-0.4, -0.2) is 30.5 Å². The molecule has 0 radical (unpaired) electrons. The van der Waals surface area contributed by atoms with Crippen LogP contribution in [0.2, 0.25) is 0 Å². The van der Waals surface area contributed by atoms with Crippen molar-refractivity contribution in [3.63, 3.8) is 0 Å². The molecule has 0 unspecified atom stereocenters. The average Bonchev–Trinajstić information content (AvgIpc) is 3.12. The molecule has 1 aromatic carbocycles. The number of halogens is 3. The second kappa shape index (κ2) is 7.10. The first-order valence-corrected chi connectivity index (χ1v) is 8.63. The molecule has 0 saturated heterocycles. The van der Waals surface area contributed by atoms with E-state index in [9.17, 15) is 22.8 Å². The summed E-state index contributed by atoms with van der Waals surface area (Å²) in [5, 5.41) is 6.71. The molecule has 4 rings (SSSR count). The largest absolute Gasteiger partial charge is 0.417 e. The molecular formula is C19H13F3N6O2. The molecule has 30 heavy (non-hydrogen) atoms. The Bertz CT molecular complexity index is 1330. The number of hydrogen-bond acceptors (Lipinski definition) is 5. The monoisotopic (exact) mass is 414 g/mol. The molecule has 0 atom stereocenters. The van der Waals surface area contributed by atoms with Gasteiger partial charge in [-0.25, -0.2) is 19.3 Å². The maximum atomic E-state index is 13.4. The van der Waals surface area contributed by atoms with Crippen LogP contribution in [0.25, 0.3) is 16.9 Å². The molecule has 2 N–H and O–H groups in total. The third kappa shape index (κ3) is 3.52. The number of aryl methyl sites for hydroxylation is 1. The van der Waals surface area contributed by atoms with E-state index in [2.05, 4.69) is 25.4 Å². The highest BCUT2D eigenvalue weighted by Crippen LogP contribution is 2.36. The summed E-state index contributed by atoms with van der Waals surface area (Å²) in [5.41, 5.74) is -0.726. The fourth-order valence-corrected chi connectivity index (χ4v) is 2.99. The van der Waals surface area contributed by atoms with Crippen LogP contribution in [-0.2, 0) is 6.18 Å². The molecule has 1 amide bonds. The number of anilines is 1. The first-order valence-electron chi connectivity index (χ1n) is 8.63. The van der Waals surface area contributed by atoms with Crippen molar-refractivity contribution in [1.82, 2.24) is 24.6 Å². The number of carbonyl (C=O) groups excluding carboxylic acids is 1. The van der Waals surface area contributed by atoms with Crippen molar-refractivity contribution in [2.45, 2.75) is 13.1 Å². The quantitative estimate of drug-likeness (QED) is 0.536. The van der Waals surface area contributed by atoms with Crippen molar-refractivity contribution in [3.8, 4) is 11.3 Å². The Hall–Kier alpha value is -4.02. The van der Waals surface area contributed by atoms with Crippen molar-refractivity contribution in [1.29, 1.82) is 0 Å². The Labute approximate surface area is 166 Å². The maximum absolute atomic E-state index is 13.4. The lowest BCUT2D eigenvalue weighted by Crippen LogP contribution is -2.19. The Balaban J connectivity index is 1.81. The van der Waals surface area contributed by atoms with Crippen molar-refractivity contribution in [2.24, 2.45) is 0 Å². The van der Waals surface area contributed by atoms with Gasteiger partial charge in [-0.05, 0) is 30.7 Å². The molecule has 0 aliphatic rings. The molecule has 0 aliphatic carbocycles. The van der Waals surface area contributed by atoms with Crippen LogP contribution in [0.5, 0.6) is 0 Å². The number of benzene rings is 1. The number of hydrogen-bond donors (Lipinski definition) is 2. The lowest BCUT2D eigenvalue weighted by atomic mass is 10.0. The maximum Gasteiger partial charge on any atom is 0.417 e. The van der Waals surface area contributed by atoms with E-state index >= 15 is 0 Å². The number of aromatic amines is 1. The van der Waals surface area contributed by atoms with Gasteiger partial charge in [0.2, 0.25) is 0 Å². The number of rotatable bonds is 3. The first-order chi connectivity index (χ1) is 14.2. The summed E-state index contributed by atoms with van der Waals surface area (Å²) in [5.74, 6) is -0.553. The molecular weight excluding hydrogens is 401 g/mol. The van der Waals surface area contributed by atoms with Crippen molar-refractivity contribution in [2.75, 3.05) is 5.32 Å². The summed E-state index contributed by atoms with van der Waals surface area (Å²) in [6.07, 6.45) is -2.09. The van der Waals surface area contributed by atoms with Gasteiger partial charge >= 0.3 is 11.9 Å².